The fourth-order valence-corrected chi connectivity index (χ4v) is 1.84. The normalized spacial score (nSPS) is 15.6. The predicted molar refractivity (Wildman–Crippen MR) is 66.9 cm³/mol. The van der Waals surface area contributed by atoms with Gasteiger partial charge in [0.15, 0.2) is 5.82 Å². The highest BCUT2D eigenvalue weighted by Gasteiger charge is 2.25. The molecule has 0 unspecified atom stereocenters. The first kappa shape index (κ1) is 11.0. The molecule has 18 heavy (non-hydrogen) atoms. The molecule has 3 rings (SSSR count). The maximum atomic E-state index is 9.27. The molecule has 2 aromatic heterocycles. The average molecular weight is 246 g/mol. The lowest BCUT2D eigenvalue weighted by Gasteiger charge is -2.36. The second kappa shape index (κ2) is 4.26. The number of aliphatic hydroxyl groups is 1. The fourth-order valence-electron chi connectivity index (χ4n) is 1.84. The van der Waals surface area contributed by atoms with Gasteiger partial charge < -0.3 is 15.3 Å². The van der Waals surface area contributed by atoms with Crippen molar-refractivity contribution in [2.75, 3.05) is 23.3 Å². The Labute approximate surface area is 104 Å². The van der Waals surface area contributed by atoms with Gasteiger partial charge in [0, 0.05) is 30.9 Å². The standard InChI is InChI=1S/C11H14N6O/c1-7-2-10(16-15-7)14-9-3-11(13-6-12-9)17-4-8(18)5-17/h2-3,6,8,18H,4-5H2,1H3,(H2,12,13,14,15,16). The number of aromatic amines is 1. The SMILES string of the molecule is Cc1cc(Nc2cc(N3CC(O)C3)ncn2)n[nH]1. The Morgan fingerprint density at radius 1 is 1.33 bits per heavy atom. The highest BCUT2D eigenvalue weighted by atomic mass is 16.3. The van der Waals surface area contributed by atoms with E-state index in [1.54, 1.807) is 0 Å². The Kier molecular flexibility index (Phi) is 2.60. The molecule has 0 amide bonds. The monoisotopic (exact) mass is 246 g/mol. The summed E-state index contributed by atoms with van der Waals surface area (Å²) in [6.45, 7) is 3.18. The number of anilines is 3. The van der Waals surface area contributed by atoms with Crippen LogP contribution in [0.15, 0.2) is 18.5 Å². The van der Waals surface area contributed by atoms with Crippen molar-refractivity contribution in [2.24, 2.45) is 0 Å². The Morgan fingerprint density at radius 2 is 2.17 bits per heavy atom. The topological polar surface area (TPSA) is 90.0 Å². The molecule has 0 atom stereocenters. The Bertz CT molecular complexity index is 548. The van der Waals surface area contributed by atoms with Gasteiger partial charge in [-0.3, -0.25) is 5.10 Å². The summed E-state index contributed by atoms with van der Waals surface area (Å²) in [5.41, 5.74) is 0.984. The molecule has 7 nitrogen and oxygen atoms in total. The summed E-state index contributed by atoms with van der Waals surface area (Å²) in [4.78, 5) is 10.3. The zero-order valence-electron chi connectivity index (χ0n) is 9.96. The number of rotatable bonds is 3. The van der Waals surface area contributed by atoms with Crippen LogP contribution in [0.5, 0.6) is 0 Å². The number of hydrogen-bond donors (Lipinski definition) is 3. The second-order valence-corrected chi connectivity index (χ2v) is 4.38. The molecule has 0 aromatic carbocycles. The average Bonchev–Trinajstić information content (AvgIpc) is 2.71. The minimum absolute atomic E-state index is 0.245. The summed E-state index contributed by atoms with van der Waals surface area (Å²) in [5.74, 6) is 2.22. The Balaban J connectivity index is 1.74. The molecule has 1 aliphatic heterocycles. The molecular weight excluding hydrogens is 232 g/mol. The van der Waals surface area contributed by atoms with Gasteiger partial charge in [0.05, 0.1) is 6.10 Å². The summed E-state index contributed by atoms with van der Waals surface area (Å²) in [6, 6.07) is 3.74. The van der Waals surface area contributed by atoms with Crippen molar-refractivity contribution in [3.05, 3.63) is 24.2 Å². The third-order valence-electron chi connectivity index (χ3n) is 2.80. The maximum Gasteiger partial charge on any atom is 0.153 e. The van der Waals surface area contributed by atoms with Crippen molar-refractivity contribution in [1.82, 2.24) is 20.2 Å². The molecule has 7 heteroatoms. The number of aliphatic hydroxyl groups excluding tert-OH is 1. The van der Waals surface area contributed by atoms with E-state index in [1.165, 1.54) is 6.33 Å². The van der Waals surface area contributed by atoms with Crippen molar-refractivity contribution in [2.45, 2.75) is 13.0 Å². The highest BCUT2D eigenvalue weighted by molar-refractivity contribution is 5.57. The molecule has 3 heterocycles. The summed E-state index contributed by atoms with van der Waals surface area (Å²) >= 11 is 0. The molecular formula is C11H14N6O. The molecule has 3 N–H and O–H groups in total. The van der Waals surface area contributed by atoms with Crippen molar-refractivity contribution in [1.29, 1.82) is 0 Å². The van der Waals surface area contributed by atoms with Gasteiger partial charge >= 0.3 is 0 Å². The Hall–Kier alpha value is -2.15. The van der Waals surface area contributed by atoms with E-state index < -0.39 is 0 Å². The lowest BCUT2D eigenvalue weighted by molar-refractivity contribution is 0.141. The first-order valence-electron chi connectivity index (χ1n) is 5.75. The number of β-amino-alcohol motifs (C(OH)–C–C–N with tert-alkyl or cyclic N) is 1. The lowest BCUT2D eigenvalue weighted by atomic mass is 10.2. The zero-order chi connectivity index (χ0) is 12.5. The van der Waals surface area contributed by atoms with Gasteiger partial charge in [0.2, 0.25) is 0 Å². The van der Waals surface area contributed by atoms with Gasteiger partial charge in [-0.1, -0.05) is 0 Å². The van der Waals surface area contributed by atoms with Crippen LogP contribution >= 0.6 is 0 Å². The molecule has 0 spiro atoms. The summed E-state index contributed by atoms with van der Waals surface area (Å²) in [5, 5.41) is 19.3. The van der Waals surface area contributed by atoms with Crippen LogP contribution in [-0.4, -0.2) is 44.5 Å². The second-order valence-electron chi connectivity index (χ2n) is 4.38. The first-order chi connectivity index (χ1) is 8.70. The lowest BCUT2D eigenvalue weighted by Crippen LogP contribution is -2.51. The number of nitrogens with zero attached hydrogens (tertiary/aromatic N) is 4. The van der Waals surface area contributed by atoms with Crippen LogP contribution < -0.4 is 10.2 Å². The van der Waals surface area contributed by atoms with E-state index >= 15 is 0 Å². The van der Waals surface area contributed by atoms with Crippen LogP contribution in [0.25, 0.3) is 0 Å². The molecule has 0 bridgehead atoms. The number of aryl methyl sites for hydroxylation is 1. The molecule has 1 aliphatic rings. The van der Waals surface area contributed by atoms with E-state index in [0.29, 0.717) is 18.9 Å². The minimum Gasteiger partial charge on any atom is -0.389 e. The van der Waals surface area contributed by atoms with Crippen LogP contribution in [-0.2, 0) is 0 Å². The van der Waals surface area contributed by atoms with Gasteiger partial charge in [-0.05, 0) is 6.92 Å². The van der Waals surface area contributed by atoms with Crippen LogP contribution in [0.2, 0.25) is 0 Å². The van der Waals surface area contributed by atoms with E-state index in [1.807, 2.05) is 24.0 Å². The van der Waals surface area contributed by atoms with Gasteiger partial charge in [-0.15, -0.1) is 0 Å². The van der Waals surface area contributed by atoms with Crippen molar-refractivity contribution in [3.63, 3.8) is 0 Å². The molecule has 0 saturated carbocycles. The zero-order valence-corrected chi connectivity index (χ0v) is 9.96. The van der Waals surface area contributed by atoms with Crippen LogP contribution in [0.3, 0.4) is 0 Å². The third kappa shape index (κ3) is 2.12. The quantitative estimate of drug-likeness (QED) is 0.727. The van der Waals surface area contributed by atoms with E-state index in [4.69, 9.17) is 0 Å². The van der Waals surface area contributed by atoms with E-state index in [9.17, 15) is 5.11 Å². The number of nitrogens with one attached hydrogen (secondary N) is 2. The molecule has 0 aliphatic carbocycles. The van der Waals surface area contributed by atoms with Gasteiger partial charge in [-0.2, -0.15) is 5.10 Å². The van der Waals surface area contributed by atoms with Crippen molar-refractivity contribution >= 4 is 17.5 Å². The third-order valence-corrected chi connectivity index (χ3v) is 2.80. The maximum absolute atomic E-state index is 9.27. The number of hydrogen-bond acceptors (Lipinski definition) is 6. The van der Waals surface area contributed by atoms with Gasteiger partial charge in [0.1, 0.15) is 18.0 Å². The molecule has 1 saturated heterocycles. The summed E-state index contributed by atoms with van der Waals surface area (Å²) in [7, 11) is 0. The highest BCUT2D eigenvalue weighted by Crippen LogP contribution is 2.21. The van der Waals surface area contributed by atoms with E-state index in [-0.39, 0.29) is 6.10 Å². The molecule has 94 valence electrons. The predicted octanol–water partition coefficient (Wildman–Crippen LogP) is 0.433. The summed E-state index contributed by atoms with van der Waals surface area (Å²) in [6.07, 6.45) is 1.26. The van der Waals surface area contributed by atoms with Crippen molar-refractivity contribution in [3.8, 4) is 0 Å². The molecule has 2 aromatic rings. The smallest absolute Gasteiger partial charge is 0.153 e. The van der Waals surface area contributed by atoms with Crippen molar-refractivity contribution < 1.29 is 5.11 Å². The van der Waals surface area contributed by atoms with Crippen LogP contribution in [0.4, 0.5) is 17.5 Å². The fraction of sp³-hybridized carbons (Fsp3) is 0.364. The van der Waals surface area contributed by atoms with Crippen LogP contribution in [0, 0.1) is 6.92 Å². The van der Waals surface area contributed by atoms with Gasteiger partial charge in [-0.25, -0.2) is 9.97 Å². The largest absolute Gasteiger partial charge is 0.389 e. The van der Waals surface area contributed by atoms with Crippen LogP contribution in [0.1, 0.15) is 5.69 Å². The van der Waals surface area contributed by atoms with E-state index in [0.717, 1.165) is 17.3 Å². The van der Waals surface area contributed by atoms with Gasteiger partial charge in [0.25, 0.3) is 0 Å². The number of H-pyrrole nitrogens is 1. The summed E-state index contributed by atoms with van der Waals surface area (Å²) < 4.78 is 0. The molecule has 0 radical (unpaired) electrons. The Morgan fingerprint density at radius 3 is 2.83 bits per heavy atom. The van der Waals surface area contributed by atoms with E-state index in [2.05, 4.69) is 25.5 Å². The first-order valence-corrected chi connectivity index (χ1v) is 5.75. The molecule has 1 fully saturated rings. The minimum atomic E-state index is -0.245. The number of aromatic nitrogens is 4.